The summed E-state index contributed by atoms with van der Waals surface area (Å²) in [7, 11) is 0. The third kappa shape index (κ3) is 3.15. The minimum Gasteiger partial charge on any atom is -0.339 e. The Morgan fingerprint density at radius 3 is 2.84 bits per heavy atom. The maximum absolute atomic E-state index is 4.41. The van der Waals surface area contributed by atoms with Crippen molar-refractivity contribution < 1.29 is 0 Å². The molecule has 4 heteroatoms. The molecule has 98 valence electrons. The quantitative estimate of drug-likeness (QED) is 0.905. The molecule has 0 atom stereocenters. The molecule has 2 aromatic rings. The molecule has 0 unspecified atom stereocenters. The van der Waals surface area contributed by atoms with Crippen LogP contribution < -0.4 is 5.43 Å². The first kappa shape index (κ1) is 12.2. The van der Waals surface area contributed by atoms with Gasteiger partial charge in [-0.25, -0.2) is 0 Å². The van der Waals surface area contributed by atoms with Crippen LogP contribution >= 0.6 is 11.3 Å². The van der Waals surface area contributed by atoms with Gasteiger partial charge in [0.2, 0.25) is 0 Å². The van der Waals surface area contributed by atoms with Crippen molar-refractivity contribution in [2.75, 3.05) is 13.2 Å². The van der Waals surface area contributed by atoms with E-state index in [0.717, 1.165) is 31.9 Å². The van der Waals surface area contributed by atoms with Crippen molar-refractivity contribution in [2.24, 2.45) is 5.10 Å². The summed E-state index contributed by atoms with van der Waals surface area (Å²) in [6.07, 6.45) is 1.99. The van der Waals surface area contributed by atoms with Gasteiger partial charge in [-0.2, -0.15) is 5.10 Å². The Balaban J connectivity index is 1.58. The minimum atomic E-state index is 0.827. The van der Waals surface area contributed by atoms with Crippen molar-refractivity contribution in [1.29, 1.82) is 0 Å². The lowest BCUT2D eigenvalue weighted by atomic mass is 10.1. The Kier molecular flexibility index (Phi) is 3.79. The lowest BCUT2D eigenvalue weighted by molar-refractivity contribution is 0.425. The molecule has 0 spiro atoms. The monoisotopic (exact) mass is 271 g/mol. The zero-order chi connectivity index (χ0) is 12.9. The Bertz CT molecular complexity index is 534. The number of nitrogens with zero attached hydrogens (tertiary/aromatic N) is 2. The van der Waals surface area contributed by atoms with Crippen molar-refractivity contribution in [3.63, 3.8) is 0 Å². The molecule has 3 rings (SSSR count). The summed E-state index contributed by atoms with van der Waals surface area (Å²) in [6.45, 7) is 1.85. The van der Waals surface area contributed by atoms with Crippen molar-refractivity contribution in [1.82, 2.24) is 10.3 Å². The van der Waals surface area contributed by atoms with E-state index in [1.54, 1.807) is 0 Å². The Morgan fingerprint density at radius 1 is 1.16 bits per heavy atom. The van der Waals surface area contributed by atoms with Gasteiger partial charge in [-0.3, -0.25) is 5.43 Å². The van der Waals surface area contributed by atoms with Gasteiger partial charge in [-0.05, 0) is 23.4 Å². The second-order valence-electron chi connectivity index (χ2n) is 4.60. The second kappa shape index (κ2) is 5.89. The lowest BCUT2D eigenvalue weighted by Crippen LogP contribution is -2.32. The zero-order valence-corrected chi connectivity index (χ0v) is 11.6. The maximum Gasteiger partial charge on any atom is 0.130 e. The Labute approximate surface area is 117 Å². The standard InChI is InChI=1S/C15H17N3S/c1-2-5-13(6-3-1)11-15-17-16-12-18(15)9-8-14-7-4-10-19-14/h1-7,10,16H,8-9,11-12H2. The van der Waals surface area contributed by atoms with Crippen LogP contribution in [0.5, 0.6) is 0 Å². The van der Waals surface area contributed by atoms with Crippen LogP contribution in [-0.2, 0) is 12.8 Å². The third-order valence-electron chi connectivity index (χ3n) is 3.25. The van der Waals surface area contributed by atoms with E-state index in [9.17, 15) is 0 Å². The van der Waals surface area contributed by atoms with Gasteiger partial charge in [0, 0.05) is 17.8 Å². The maximum atomic E-state index is 4.41. The van der Waals surface area contributed by atoms with Crippen LogP contribution in [0.25, 0.3) is 0 Å². The van der Waals surface area contributed by atoms with Crippen molar-refractivity contribution >= 4 is 17.2 Å². The van der Waals surface area contributed by atoms with Gasteiger partial charge in [-0.1, -0.05) is 36.4 Å². The Morgan fingerprint density at radius 2 is 2.05 bits per heavy atom. The number of hydrogen-bond acceptors (Lipinski definition) is 4. The molecule has 3 nitrogen and oxygen atoms in total. The molecule has 0 bridgehead atoms. The highest BCUT2D eigenvalue weighted by Gasteiger charge is 2.16. The SMILES string of the molecule is c1ccc(CC2=NNCN2CCc2cccs2)cc1. The average Bonchev–Trinajstić information content (AvgIpc) is 3.09. The van der Waals surface area contributed by atoms with Crippen LogP contribution in [0.3, 0.4) is 0 Å². The highest BCUT2D eigenvalue weighted by molar-refractivity contribution is 7.09. The molecule has 19 heavy (non-hydrogen) atoms. The van der Waals surface area contributed by atoms with E-state index in [1.807, 2.05) is 17.4 Å². The summed E-state index contributed by atoms with van der Waals surface area (Å²) < 4.78 is 0. The summed E-state index contributed by atoms with van der Waals surface area (Å²) in [5, 5.41) is 6.54. The molecule has 0 saturated heterocycles. The summed E-state index contributed by atoms with van der Waals surface area (Å²) in [4.78, 5) is 3.76. The Hall–Kier alpha value is -1.81. The molecule has 1 aliphatic heterocycles. The number of thiophene rings is 1. The molecule has 0 saturated carbocycles. The van der Waals surface area contributed by atoms with Crippen molar-refractivity contribution in [2.45, 2.75) is 12.8 Å². The smallest absolute Gasteiger partial charge is 0.130 e. The topological polar surface area (TPSA) is 27.6 Å². The van der Waals surface area contributed by atoms with Gasteiger partial charge in [-0.15, -0.1) is 11.3 Å². The van der Waals surface area contributed by atoms with Crippen LogP contribution in [0.15, 0.2) is 52.9 Å². The normalized spacial score (nSPS) is 14.3. The summed E-state index contributed by atoms with van der Waals surface area (Å²) in [5.74, 6) is 1.14. The number of hydrogen-bond donors (Lipinski definition) is 1. The first-order valence-electron chi connectivity index (χ1n) is 6.52. The van der Waals surface area contributed by atoms with Gasteiger partial charge in [0.1, 0.15) is 12.5 Å². The molecule has 1 aromatic heterocycles. The summed E-state index contributed by atoms with van der Waals surface area (Å²) in [5.41, 5.74) is 4.40. The van der Waals surface area contributed by atoms with E-state index in [-0.39, 0.29) is 0 Å². The van der Waals surface area contributed by atoms with Crippen LogP contribution in [0, 0.1) is 0 Å². The van der Waals surface area contributed by atoms with Gasteiger partial charge >= 0.3 is 0 Å². The van der Waals surface area contributed by atoms with E-state index >= 15 is 0 Å². The van der Waals surface area contributed by atoms with E-state index in [1.165, 1.54) is 10.4 Å². The van der Waals surface area contributed by atoms with Crippen LogP contribution in [0.1, 0.15) is 10.4 Å². The summed E-state index contributed by atoms with van der Waals surface area (Å²) in [6, 6.07) is 14.8. The molecular weight excluding hydrogens is 254 g/mol. The van der Waals surface area contributed by atoms with Gasteiger partial charge in [0.05, 0.1) is 0 Å². The number of hydrazone groups is 1. The molecule has 1 N–H and O–H groups in total. The van der Waals surface area contributed by atoms with Gasteiger partial charge < -0.3 is 4.90 Å². The second-order valence-corrected chi connectivity index (χ2v) is 5.63. The number of amidine groups is 1. The van der Waals surface area contributed by atoms with Gasteiger partial charge in [0.15, 0.2) is 0 Å². The number of rotatable bonds is 5. The molecule has 1 aromatic carbocycles. The van der Waals surface area contributed by atoms with Crippen molar-refractivity contribution in [3.8, 4) is 0 Å². The molecule has 0 amide bonds. The van der Waals surface area contributed by atoms with E-state index in [0.29, 0.717) is 0 Å². The fourth-order valence-corrected chi connectivity index (χ4v) is 2.91. The fourth-order valence-electron chi connectivity index (χ4n) is 2.21. The molecule has 1 aliphatic rings. The minimum absolute atomic E-state index is 0.827. The zero-order valence-electron chi connectivity index (χ0n) is 10.7. The average molecular weight is 271 g/mol. The molecule has 0 radical (unpaired) electrons. The first-order chi connectivity index (χ1) is 9.42. The van der Waals surface area contributed by atoms with Gasteiger partial charge in [0.25, 0.3) is 0 Å². The number of nitrogens with one attached hydrogen (secondary N) is 1. The molecule has 0 fully saturated rings. The lowest BCUT2D eigenvalue weighted by Gasteiger charge is -2.18. The summed E-state index contributed by atoms with van der Waals surface area (Å²) >= 11 is 1.82. The van der Waals surface area contributed by atoms with E-state index in [2.05, 4.69) is 57.2 Å². The molecule has 0 aliphatic carbocycles. The predicted octanol–water partition coefficient (Wildman–Crippen LogP) is 2.71. The first-order valence-corrected chi connectivity index (χ1v) is 7.40. The van der Waals surface area contributed by atoms with E-state index < -0.39 is 0 Å². The molecular formula is C15H17N3S. The van der Waals surface area contributed by atoms with Crippen LogP contribution in [0.2, 0.25) is 0 Å². The van der Waals surface area contributed by atoms with Crippen LogP contribution in [0.4, 0.5) is 0 Å². The third-order valence-corrected chi connectivity index (χ3v) is 4.18. The molecule has 2 heterocycles. The highest BCUT2D eigenvalue weighted by Crippen LogP contribution is 2.12. The predicted molar refractivity (Wildman–Crippen MR) is 80.3 cm³/mol. The van der Waals surface area contributed by atoms with E-state index in [4.69, 9.17) is 0 Å². The fraction of sp³-hybridized carbons (Fsp3) is 0.267. The highest BCUT2D eigenvalue weighted by atomic mass is 32.1. The van der Waals surface area contributed by atoms with Crippen molar-refractivity contribution in [3.05, 3.63) is 58.3 Å². The van der Waals surface area contributed by atoms with Crippen LogP contribution in [-0.4, -0.2) is 23.9 Å². The number of benzene rings is 1. The largest absolute Gasteiger partial charge is 0.339 e.